The van der Waals surface area contributed by atoms with E-state index in [0.29, 0.717) is 26.5 Å². The van der Waals surface area contributed by atoms with Crippen molar-refractivity contribution in [3.63, 3.8) is 0 Å². The highest BCUT2D eigenvalue weighted by Crippen LogP contribution is 2.39. The van der Waals surface area contributed by atoms with Gasteiger partial charge in [0.15, 0.2) is 0 Å². The van der Waals surface area contributed by atoms with E-state index in [1.54, 1.807) is 36.4 Å². The maximum atomic E-state index is 12.7. The molecule has 0 bridgehead atoms. The molecule has 0 saturated heterocycles. The first-order chi connectivity index (χ1) is 13.9. The zero-order chi connectivity index (χ0) is 20.7. The molecule has 0 unspecified atom stereocenters. The molecule has 0 atom stereocenters. The summed E-state index contributed by atoms with van der Waals surface area (Å²) in [6.07, 6.45) is 0. The number of aromatic amines is 1. The van der Waals surface area contributed by atoms with Crippen LogP contribution in [0.2, 0.25) is 10.0 Å². The van der Waals surface area contributed by atoms with Crippen molar-refractivity contribution in [2.24, 2.45) is 0 Å². The molecule has 0 aliphatic carbocycles. The quantitative estimate of drug-likeness (QED) is 0.427. The highest BCUT2D eigenvalue weighted by molar-refractivity contribution is 6.34. The monoisotopic (exact) mass is 424 g/mol. The SMILES string of the molecule is CN(C)c1ccc(-c2cc3c(O)c(-c4ccccc4Cl)c(=O)[nH]c3cc2Cl)cc1. The Morgan fingerprint density at radius 1 is 0.897 bits per heavy atom. The molecule has 1 heterocycles. The Bertz CT molecular complexity index is 1280. The fourth-order valence-corrected chi connectivity index (χ4v) is 3.88. The number of benzene rings is 3. The van der Waals surface area contributed by atoms with E-state index in [-0.39, 0.29) is 11.3 Å². The van der Waals surface area contributed by atoms with Crippen LogP contribution in [0.15, 0.2) is 65.5 Å². The number of hydrogen-bond donors (Lipinski definition) is 2. The number of rotatable bonds is 3. The molecule has 2 N–H and O–H groups in total. The Morgan fingerprint density at radius 2 is 1.59 bits per heavy atom. The summed E-state index contributed by atoms with van der Waals surface area (Å²) in [7, 11) is 3.95. The average Bonchev–Trinajstić information content (AvgIpc) is 2.69. The molecule has 0 aliphatic rings. The van der Waals surface area contributed by atoms with E-state index >= 15 is 0 Å². The molecule has 0 aliphatic heterocycles. The van der Waals surface area contributed by atoms with Gasteiger partial charge in [0.25, 0.3) is 5.56 Å². The van der Waals surface area contributed by atoms with Crippen LogP contribution in [0.4, 0.5) is 5.69 Å². The molecule has 0 fully saturated rings. The van der Waals surface area contributed by atoms with Crippen LogP contribution in [0.25, 0.3) is 33.2 Å². The average molecular weight is 425 g/mol. The molecule has 0 radical (unpaired) electrons. The molecule has 0 amide bonds. The van der Waals surface area contributed by atoms with Gasteiger partial charge in [-0.3, -0.25) is 4.79 Å². The normalized spacial score (nSPS) is 11.0. The van der Waals surface area contributed by atoms with Gasteiger partial charge in [0.2, 0.25) is 0 Å². The van der Waals surface area contributed by atoms with Gasteiger partial charge in [-0.1, -0.05) is 53.5 Å². The van der Waals surface area contributed by atoms with Gasteiger partial charge in [0.1, 0.15) is 5.75 Å². The summed E-state index contributed by atoms with van der Waals surface area (Å²) in [5, 5.41) is 12.3. The van der Waals surface area contributed by atoms with Crippen LogP contribution in [0.5, 0.6) is 5.75 Å². The van der Waals surface area contributed by atoms with Gasteiger partial charge in [-0.25, -0.2) is 0 Å². The topological polar surface area (TPSA) is 56.3 Å². The molecule has 0 saturated carbocycles. The molecule has 0 spiro atoms. The van der Waals surface area contributed by atoms with Crippen molar-refractivity contribution < 1.29 is 5.11 Å². The summed E-state index contributed by atoms with van der Waals surface area (Å²) in [6, 6.07) is 18.3. The summed E-state index contributed by atoms with van der Waals surface area (Å²) in [5.74, 6) is -0.125. The molecule has 4 rings (SSSR count). The van der Waals surface area contributed by atoms with E-state index in [2.05, 4.69) is 4.98 Å². The van der Waals surface area contributed by atoms with Crippen LogP contribution in [0, 0.1) is 0 Å². The number of H-pyrrole nitrogens is 1. The number of hydrogen-bond acceptors (Lipinski definition) is 3. The summed E-state index contributed by atoms with van der Waals surface area (Å²) in [5.41, 5.74) is 3.38. The lowest BCUT2D eigenvalue weighted by atomic mass is 9.99. The van der Waals surface area contributed by atoms with Crippen LogP contribution < -0.4 is 10.5 Å². The van der Waals surface area contributed by atoms with Crippen molar-refractivity contribution in [1.29, 1.82) is 0 Å². The van der Waals surface area contributed by atoms with E-state index in [1.807, 2.05) is 43.3 Å². The summed E-state index contributed by atoms with van der Waals surface area (Å²) in [4.78, 5) is 17.5. The van der Waals surface area contributed by atoms with Crippen LogP contribution in [-0.4, -0.2) is 24.2 Å². The lowest BCUT2D eigenvalue weighted by molar-refractivity contribution is 0.482. The Morgan fingerprint density at radius 3 is 2.24 bits per heavy atom. The van der Waals surface area contributed by atoms with E-state index < -0.39 is 5.56 Å². The molecule has 4 aromatic rings. The Labute approximate surface area is 177 Å². The van der Waals surface area contributed by atoms with Crippen LogP contribution in [0.1, 0.15) is 0 Å². The number of aromatic nitrogens is 1. The van der Waals surface area contributed by atoms with Crippen molar-refractivity contribution in [3.05, 3.63) is 81.1 Å². The molecule has 3 aromatic carbocycles. The van der Waals surface area contributed by atoms with Crippen LogP contribution in [-0.2, 0) is 0 Å². The van der Waals surface area contributed by atoms with E-state index in [1.165, 1.54) is 0 Å². The number of aromatic hydroxyl groups is 1. The molecule has 1 aromatic heterocycles. The second-order valence-electron chi connectivity index (χ2n) is 6.98. The number of halogens is 2. The third-order valence-corrected chi connectivity index (χ3v) is 5.55. The van der Waals surface area contributed by atoms with E-state index in [4.69, 9.17) is 23.2 Å². The van der Waals surface area contributed by atoms with Gasteiger partial charge in [-0.2, -0.15) is 0 Å². The molecule has 29 heavy (non-hydrogen) atoms. The molecule has 146 valence electrons. The van der Waals surface area contributed by atoms with Crippen molar-refractivity contribution in [2.75, 3.05) is 19.0 Å². The summed E-state index contributed by atoms with van der Waals surface area (Å²) < 4.78 is 0. The maximum absolute atomic E-state index is 12.7. The molecular formula is C23H18Cl2N2O2. The van der Waals surface area contributed by atoms with Gasteiger partial charge in [-0.15, -0.1) is 0 Å². The van der Waals surface area contributed by atoms with Gasteiger partial charge in [0, 0.05) is 41.3 Å². The van der Waals surface area contributed by atoms with Crippen molar-refractivity contribution in [3.8, 4) is 28.0 Å². The summed E-state index contributed by atoms with van der Waals surface area (Å²) >= 11 is 12.7. The van der Waals surface area contributed by atoms with Crippen LogP contribution in [0.3, 0.4) is 0 Å². The minimum atomic E-state index is -0.428. The van der Waals surface area contributed by atoms with Gasteiger partial charge < -0.3 is 15.0 Å². The number of nitrogens with zero attached hydrogens (tertiary/aromatic N) is 1. The molecular weight excluding hydrogens is 407 g/mol. The number of nitrogens with one attached hydrogen (secondary N) is 1. The minimum Gasteiger partial charge on any atom is -0.506 e. The van der Waals surface area contributed by atoms with Crippen molar-refractivity contribution in [1.82, 2.24) is 4.98 Å². The van der Waals surface area contributed by atoms with Gasteiger partial charge in [-0.05, 0) is 35.9 Å². The fourth-order valence-electron chi connectivity index (χ4n) is 3.37. The van der Waals surface area contributed by atoms with E-state index in [0.717, 1.165) is 16.8 Å². The highest BCUT2D eigenvalue weighted by atomic mass is 35.5. The third-order valence-electron chi connectivity index (χ3n) is 4.91. The maximum Gasteiger partial charge on any atom is 0.260 e. The third kappa shape index (κ3) is 3.46. The van der Waals surface area contributed by atoms with E-state index in [9.17, 15) is 9.90 Å². The first-order valence-electron chi connectivity index (χ1n) is 8.98. The Kier molecular flexibility index (Phi) is 4.99. The van der Waals surface area contributed by atoms with Gasteiger partial charge >= 0.3 is 0 Å². The predicted molar refractivity (Wildman–Crippen MR) is 121 cm³/mol. The number of pyridine rings is 1. The number of fused-ring (bicyclic) bond motifs is 1. The zero-order valence-corrected chi connectivity index (χ0v) is 17.3. The largest absolute Gasteiger partial charge is 0.506 e. The lowest BCUT2D eigenvalue weighted by Gasteiger charge is -2.14. The second kappa shape index (κ2) is 7.47. The van der Waals surface area contributed by atoms with Crippen LogP contribution >= 0.6 is 23.2 Å². The molecule has 4 nitrogen and oxygen atoms in total. The lowest BCUT2D eigenvalue weighted by Crippen LogP contribution is -2.09. The predicted octanol–water partition coefficient (Wildman–Crippen LogP) is 5.94. The minimum absolute atomic E-state index is 0.125. The van der Waals surface area contributed by atoms with Crippen molar-refractivity contribution in [2.45, 2.75) is 0 Å². The number of anilines is 1. The zero-order valence-electron chi connectivity index (χ0n) is 15.8. The van der Waals surface area contributed by atoms with Crippen molar-refractivity contribution >= 4 is 39.8 Å². The second-order valence-corrected chi connectivity index (χ2v) is 7.79. The smallest absolute Gasteiger partial charge is 0.260 e. The Balaban J connectivity index is 1.95. The first kappa shape index (κ1) is 19.4. The standard InChI is InChI=1S/C23H18Cl2N2O2/c1-27(2)14-9-7-13(8-10-14)16-11-17-20(12-19(16)25)26-23(29)21(22(17)28)15-5-3-4-6-18(15)24/h3-12H,1-2H3,(H2,26,28,29). The highest BCUT2D eigenvalue weighted by Gasteiger charge is 2.18. The summed E-state index contributed by atoms with van der Waals surface area (Å²) in [6.45, 7) is 0. The fraction of sp³-hybridized carbons (Fsp3) is 0.0870. The molecule has 6 heteroatoms. The van der Waals surface area contributed by atoms with Gasteiger partial charge in [0.05, 0.1) is 16.1 Å². The first-order valence-corrected chi connectivity index (χ1v) is 9.73. The Hall–Kier alpha value is -2.95.